The summed E-state index contributed by atoms with van der Waals surface area (Å²) in [7, 11) is 0. The predicted molar refractivity (Wildman–Crippen MR) is 85.4 cm³/mol. The van der Waals surface area contributed by atoms with Gasteiger partial charge in [-0.1, -0.05) is 18.2 Å². The van der Waals surface area contributed by atoms with Gasteiger partial charge in [-0.2, -0.15) is 0 Å². The highest BCUT2D eigenvalue weighted by Gasteiger charge is 2.24. The molecule has 2 rings (SSSR count). The average molecular weight is 322 g/mol. The molecule has 1 aromatic carbocycles. The second-order valence-electron chi connectivity index (χ2n) is 5.24. The monoisotopic (exact) mass is 322 g/mol. The Hall–Kier alpha value is -1.92. The maximum atomic E-state index is 13.0. The lowest BCUT2D eigenvalue weighted by Crippen LogP contribution is -2.43. The van der Waals surface area contributed by atoms with Gasteiger partial charge in [0.2, 0.25) is 0 Å². The Morgan fingerprint density at radius 3 is 2.82 bits per heavy atom. The number of amides is 2. The van der Waals surface area contributed by atoms with Gasteiger partial charge in [-0.3, -0.25) is 0 Å². The van der Waals surface area contributed by atoms with E-state index in [0.717, 1.165) is 10.4 Å². The molecule has 0 saturated carbocycles. The summed E-state index contributed by atoms with van der Waals surface area (Å²) in [6.45, 7) is 2.18. The zero-order valence-electron chi connectivity index (χ0n) is 12.3. The summed E-state index contributed by atoms with van der Waals surface area (Å²) in [5.74, 6) is -0.283. The molecule has 0 radical (unpaired) electrons. The van der Waals surface area contributed by atoms with Crippen molar-refractivity contribution in [3.05, 3.63) is 58.0 Å². The van der Waals surface area contributed by atoms with E-state index in [-0.39, 0.29) is 18.4 Å². The van der Waals surface area contributed by atoms with E-state index in [4.69, 9.17) is 0 Å². The third kappa shape index (κ3) is 4.82. The Bertz CT molecular complexity index is 614. The van der Waals surface area contributed by atoms with Gasteiger partial charge in [0.15, 0.2) is 0 Å². The fourth-order valence-electron chi connectivity index (χ4n) is 2.00. The molecule has 6 heteroatoms. The molecule has 1 atom stereocenters. The summed E-state index contributed by atoms with van der Waals surface area (Å²) in [6, 6.07) is 9.61. The number of carbonyl (C=O) groups excluding carboxylic acids is 1. The second-order valence-corrected chi connectivity index (χ2v) is 6.19. The number of benzene rings is 1. The molecule has 1 aromatic heterocycles. The molecule has 4 nitrogen and oxygen atoms in total. The first-order valence-electron chi connectivity index (χ1n) is 7.00. The SMILES string of the molecule is CC(O)(CNC(=O)NCCc1cccc(F)c1)c1cccs1. The van der Waals surface area contributed by atoms with Crippen molar-refractivity contribution in [2.24, 2.45) is 0 Å². The number of halogens is 1. The van der Waals surface area contributed by atoms with Crippen molar-refractivity contribution in [1.29, 1.82) is 0 Å². The number of urea groups is 1. The lowest BCUT2D eigenvalue weighted by atomic mass is 10.1. The summed E-state index contributed by atoms with van der Waals surface area (Å²) in [5.41, 5.74) is -0.264. The second kappa shape index (κ2) is 7.38. The highest BCUT2D eigenvalue weighted by Crippen LogP contribution is 2.24. The molecule has 2 amide bonds. The molecule has 0 saturated heterocycles. The summed E-state index contributed by atoms with van der Waals surface area (Å²) < 4.78 is 13.0. The molecule has 0 aliphatic rings. The first kappa shape index (κ1) is 16.5. The summed E-state index contributed by atoms with van der Waals surface area (Å²) >= 11 is 1.44. The summed E-state index contributed by atoms with van der Waals surface area (Å²) in [4.78, 5) is 12.5. The maximum Gasteiger partial charge on any atom is 0.314 e. The van der Waals surface area contributed by atoms with Gasteiger partial charge in [-0.05, 0) is 42.5 Å². The maximum absolute atomic E-state index is 13.0. The third-order valence-electron chi connectivity index (χ3n) is 3.23. The van der Waals surface area contributed by atoms with Crippen LogP contribution in [0, 0.1) is 5.82 Å². The van der Waals surface area contributed by atoms with Crippen LogP contribution in [0.3, 0.4) is 0 Å². The van der Waals surface area contributed by atoms with Crippen LogP contribution in [0.4, 0.5) is 9.18 Å². The van der Waals surface area contributed by atoms with Crippen molar-refractivity contribution in [3.63, 3.8) is 0 Å². The fourth-order valence-corrected chi connectivity index (χ4v) is 2.79. The van der Waals surface area contributed by atoms with Gasteiger partial charge in [-0.15, -0.1) is 11.3 Å². The van der Waals surface area contributed by atoms with E-state index in [1.54, 1.807) is 13.0 Å². The van der Waals surface area contributed by atoms with Gasteiger partial charge in [0, 0.05) is 11.4 Å². The van der Waals surface area contributed by atoms with E-state index in [1.165, 1.54) is 23.5 Å². The zero-order chi connectivity index (χ0) is 16.0. The molecule has 2 aromatic rings. The molecule has 1 unspecified atom stereocenters. The molecule has 3 N–H and O–H groups in total. The van der Waals surface area contributed by atoms with Gasteiger partial charge in [0.1, 0.15) is 11.4 Å². The lowest BCUT2D eigenvalue weighted by Gasteiger charge is -2.22. The Morgan fingerprint density at radius 2 is 2.14 bits per heavy atom. The van der Waals surface area contributed by atoms with E-state index in [2.05, 4.69) is 10.6 Å². The van der Waals surface area contributed by atoms with Crippen molar-refractivity contribution >= 4 is 17.4 Å². The normalized spacial score (nSPS) is 13.4. The number of hydrogen-bond acceptors (Lipinski definition) is 3. The van der Waals surface area contributed by atoms with E-state index in [0.29, 0.717) is 13.0 Å². The lowest BCUT2D eigenvalue weighted by molar-refractivity contribution is 0.0631. The molecule has 0 bridgehead atoms. The quantitative estimate of drug-likeness (QED) is 0.765. The minimum atomic E-state index is -1.09. The van der Waals surface area contributed by atoms with Gasteiger partial charge in [0.05, 0.1) is 6.54 Å². The van der Waals surface area contributed by atoms with Gasteiger partial charge >= 0.3 is 6.03 Å². The molecule has 22 heavy (non-hydrogen) atoms. The number of carbonyl (C=O) groups is 1. The van der Waals surface area contributed by atoms with Crippen LogP contribution < -0.4 is 10.6 Å². The minimum Gasteiger partial charge on any atom is -0.383 e. The molecule has 0 spiro atoms. The van der Waals surface area contributed by atoms with Crippen LogP contribution in [0.2, 0.25) is 0 Å². The molecule has 0 aliphatic carbocycles. The summed E-state index contributed by atoms with van der Waals surface area (Å²) in [5, 5.41) is 17.5. The van der Waals surface area contributed by atoms with Crippen LogP contribution in [0.1, 0.15) is 17.4 Å². The minimum absolute atomic E-state index is 0.124. The van der Waals surface area contributed by atoms with E-state index in [1.807, 2.05) is 23.6 Å². The molecule has 118 valence electrons. The Morgan fingerprint density at radius 1 is 1.32 bits per heavy atom. The Balaban J connectivity index is 1.72. The third-order valence-corrected chi connectivity index (χ3v) is 4.36. The number of thiophene rings is 1. The van der Waals surface area contributed by atoms with Gasteiger partial charge < -0.3 is 15.7 Å². The fraction of sp³-hybridized carbons (Fsp3) is 0.312. The molecule has 0 aliphatic heterocycles. The smallest absolute Gasteiger partial charge is 0.314 e. The van der Waals surface area contributed by atoms with Crippen molar-refractivity contribution < 1.29 is 14.3 Å². The number of nitrogens with one attached hydrogen (secondary N) is 2. The van der Waals surface area contributed by atoms with Crippen molar-refractivity contribution in [1.82, 2.24) is 10.6 Å². The standard InChI is InChI=1S/C16H19FN2O2S/c1-16(21,14-6-3-9-22-14)11-19-15(20)18-8-7-12-4-2-5-13(17)10-12/h2-6,9-10,21H,7-8,11H2,1H3,(H2,18,19,20). The van der Waals surface area contributed by atoms with Crippen LogP contribution in [0.15, 0.2) is 41.8 Å². The zero-order valence-corrected chi connectivity index (χ0v) is 13.1. The topological polar surface area (TPSA) is 61.4 Å². The number of rotatable bonds is 6. The van der Waals surface area contributed by atoms with E-state index in [9.17, 15) is 14.3 Å². The number of hydrogen-bond donors (Lipinski definition) is 3. The van der Waals surface area contributed by atoms with E-state index < -0.39 is 5.60 Å². The van der Waals surface area contributed by atoms with Crippen molar-refractivity contribution in [2.75, 3.05) is 13.1 Å². The highest BCUT2D eigenvalue weighted by molar-refractivity contribution is 7.10. The predicted octanol–water partition coefficient (Wildman–Crippen LogP) is 2.64. The largest absolute Gasteiger partial charge is 0.383 e. The van der Waals surface area contributed by atoms with Crippen LogP contribution >= 0.6 is 11.3 Å². The summed E-state index contributed by atoms with van der Waals surface area (Å²) in [6.07, 6.45) is 0.548. The van der Waals surface area contributed by atoms with Gasteiger partial charge in [0.25, 0.3) is 0 Å². The Kier molecular flexibility index (Phi) is 5.51. The van der Waals surface area contributed by atoms with Crippen LogP contribution in [0.5, 0.6) is 0 Å². The Labute approximate surface area is 133 Å². The first-order valence-corrected chi connectivity index (χ1v) is 7.88. The van der Waals surface area contributed by atoms with E-state index >= 15 is 0 Å². The van der Waals surface area contributed by atoms with Crippen LogP contribution in [-0.2, 0) is 12.0 Å². The number of aliphatic hydroxyl groups is 1. The molecule has 0 fully saturated rings. The van der Waals surface area contributed by atoms with Crippen molar-refractivity contribution in [3.8, 4) is 0 Å². The average Bonchev–Trinajstić information content (AvgIpc) is 3.00. The van der Waals surface area contributed by atoms with Crippen molar-refractivity contribution in [2.45, 2.75) is 18.9 Å². The molecular weight excluding hydrogens is 303 g/mol. The van der Waals surface area contributed by atoms with Crippen LogP contribution in [0.25, 0.3) is 0 Å². The van der Waals surface area contributed by atoms with Gasteiger partial charge in [-0.25, -0.2) is 9.18 Å². The molecule has 1 heterocycles. The highest BCUT2D eigenvalue weighted by atomic mass is 32.1. The van der Waals surface area contributed by atoms with Crippen LogP contribution in [-0.4, -0.2) is 24.2 Å². The molecular formula is C16H19FN2O2S. The first-order chi connectivity index (χ1) is 10.5.